The van der Waals surface area contributed by atoms with E-state index in [0.717, 1.165) is 0 Å². The number of methoxy groups -OCH3 is 1. The van der Waals surface area contributed by atoms with Crippen LogP contribution in [0, 0.1) is 5.92 Å². The minimum Gasteiger partial charge on any atom is -0.497 e. The second-order valence-corrected chi connectivity index (χ2v) is 7.35. The van der Waals surface area contributed by atoms with E-state index < -0.39 is 6.04 Å². The molecule has 30 heavy (non-hydrogen) atoms. The van der Waals surface area contributed by atoms with Gasteiger partial charge in [0.15, 0.2) is 0 Å². The summed E-state index contributed by atoms with van der Waals surface area (Å²) in [5.74, 6) is 0.182. The first kappa shape index (κ1) is 23.5. The summed E-state index contributed by atoms with van der Waals surface area (Å²) < 4.78 is 5.20. The smallest absolute Gasteiger partial charge is 0.317 e. The number of ether oxygens (including phenoxy) is 1. The summed E-state index contributed by atoms with van der Waals surface area (Å²) in [5, 5.41) is 5.78. The molecule has 1 aromatic rings. The number of amides is 4. The number of likely N-dealkylation sites (tertiary alicyclic amines) is 1. The van der Waals surface area contributed by atoms with Gasteiger partial charge in [0.05, 0.1) is 7.11 Å². The summed E-state index contributed by atoms with van der Waals surface area (Å²) in [7, 11) is 1.55. The highest BCUT2D eigenvalue weighted by molar-refractivity contribution is 5.98. The van der Waals surface area contributed by atoms with Crippen molar-refractivity contribution in [2.45, 2.75) is 39.7 Å². The van der Waals surface area contributed by atoms with E-state index in [-0.39, 0.29) is 23.8 Å². The number of carbonyl (C=O) groups is 3. The second-order valence-electron chi connectivity index (χ2n) is 7.35. The molecule has 1 atom stereocenters. The highest BCUT2D eigenvalue weighted by Crippen LogP contribution is 2.23. The lowest BCUT2D eigenvalue weighted by molar-refractivity contribution is -0.134. The minimum atomic E-state index is -0.625. The Hall–Kier alpha value is -2.77. The molecule has 0 unspecified atom stereocenters. The Bertz CT molecular complexity index is 728. The molecule has 0 radical (unpaired) electrons. The van der Waals surface area contributed by atoms with Crippen LogP contribution in [0.2, 0.25) is 0 Å². The lowest BCUT2D eigenvalue weighted by Gasteiger charge is -2.37. The van der Waals surface area contributed by atoms with Crippen LogP contribution >= 0.6 is 0 Å². The van der Waals surface area contributed by atoms with Crippen molar-refractivity contribution < 1.29 is 19.1 Å². The van der Waals surface area contributed by atoms with Crippen LogP contribution in [0.4, 0.5) is 4.79 Å². The fraction of sp³-hybridized carbons (Fsp3) is 0.591. The van der Waals surface area contributed by atoms with Crippen molar-refractivity contribution in [3.05, 3.63) is 29.8 Å². The third-order valence-electron chi connectivity index (χ3n) is 5.59. The molecule has 4 amide bonds. The minimum absolute atomic E-state index is 0.0293. The molecular weight excluding hydrogens is 384 g/mol. The van der Waals surface area contributed by atoms with E-state index in [2.05, 4.69) is 10.6 Å². The number of hydrogen-bond acceptors (Lipinski definition) is 4. The number of piperidine rings is 1. The first-order chi connectivity index (χ1) is 14.4. The molecule has 166 valence electrons. The number of urea groups is 1. The van der Waals surface area contributed by atoms with Gasteiger partial charge in [-0.2, -0.15) is 0 Å². The predicted octanol–water partition coefficient (Wildman–Crippen LogP) is 2.10. The summed E-state index contributed by atoms with van der Waals surface area (Å²) in [4.78, 5) is 41.7. The third kappa shape index (κ3) is 5.87. The van der Waals surface area contributed by atoms with Gasteiger partial charge in [0, 0.05) is 38.3 Å². The molecule has 0 saturated carbocycles. The van der Waals surface area contributed by atoms with E-state index in [1.807, 2.05) is 20.8 Å². The Kier molecular flexibility index (Phi) is 8.95. The summed E-state index contributed by atoms with van der Waals surface area (Å²) >= 11 is 0. The quantitative estimate of drug-likeness (QED) is 0.676. The van der Waals surface area contributed by atoms with Crippen molar-refractivity contribution in [3.63, 3.8) is 0 Å². The van der Waals surface area contributed by atoms with Gasteiger partial charge < -0.3 is 25.2 Å². The standard InChI is InChI=1S/C22H34N4O4/c1-5-23-22(29)26-13-11-16(12-14-26)19(21(28)25(6-2)7-3)24-20(27)17-9-8-10-18(15-17)30-4/h8-10,15-16,19H,5-7,11-14H2,1-4H3,(H,23,29)(H,24,27)/t19-/m1/s1. The van der Waals surface area contributed by atoms with Crippen LogP contribution in [0.25, 0.3) is 0 Å². The summed E-state index contributed by atoms with van der Waals surface area (Å²) in [5.41, 5.74) is 0.450. The number of nitrogens with one attached hydrogen (secondary N) is 2. The van der Waals surface area contributed by atoms with Crippen LogP contribution in [-0.2, 0) is 4.79 Å². The molecule has 1 heterocycles. The lowest BCUT2D eigenvalue weighted by Crippen LogP contribution is -2.55. The van der Waals surface area contributed by atoms with Gasteiger partial charge in [-0.05, 0) is 57.7 Å². The van der Waals surface area contributed by atoms with E-state index in [9.17, 15) is 14.4 Å². The molecule has 8 nitrogen and oxygen atoms in total. The molecule has 1 aliphatic heterocycles. The van der Waals surface area contributed by atoms with Gasteiger partial charge in [-0.15, -0.1) is 0 Å². The molecule has 1 aliphatic rings. The van der Waals surface area contributed by atoms with Gasteiger partial charge in [-0.3, -0.25) is 9.59 Å². The summed E-state index contributed by atoms with van der Waals surface area (Å²) in [6, 6.07) is 6.18. The maximum absolute atomic E-state index is 13.2. The monoisotopic (exact) mass is 418 g/mol. The van der Waals surface area contributed by atoms with Crippen molar-refractivity contribution in [3.8, 4) is 5.75 Å². The molecule has 1 fully saturated rings. The van der Waals surface area contributed by atoms with E-state index in [1.165, 1.54) is 0 Å². The van der Waals surface area contributed by atoms with Crippen LogP contribution in [0.5, 0.6) is 5.75 Å². The number of benzene rings is 1. The van der Waals surface area contributed by atoms with Crippen LogP contribution in [0.1, 0.15) is 44.0 Å². The zero-order valence-electron chi connectivity index (χ0n) is 18.4. The average Bonchev–Trinajstić information content (AvgIpc) is 2.78. The van der Waals surface area contributed by atoms with Gasteiger partial charge in [-0.1, -0.05) is 6.07 Å². The molecule has 0 spiro atoms. The molecular formula is C22H34N4O4. The fourth-order valence-corrected chi connectivity index (χ4v) is 3.80. The summed E-state index contributed by atoms with van der Waals surface area (Å²) in [6.07, 6.45) is 1.32. The van der Waals surface area contributed by atoms with Crippen molar-refractivity contribution in [2.24, 2.45) is 5.92 Å². The molecule has 8 heteroatoms. The van der Waals surface area contributed by atoms with Gasteiger partial charge in [0.1, 0.15) is 11.8 Å². The van der Waals surface area contributed by atoms with Crippen molar-refractivity contribution >= 4 is 17.8 Å². The van der Waals surface area contributed by atoms with Crippen molar-refractivity contribution in [1.29, 1.82) is 0 Å². The Labute approximate surface area is 178 Å². The van der Waals surface area contributed by atoms with Gasteiger partial charge in [0.25, 0.3) is 5.91 Å². The van der Waals surface area contributed by atoms with Gasteiger partial charge in [-0.25, -0.2) is 4.79 Å². The average molecular weight is 419 g/mol. The molecule has 0 aromatic heterocycles. The number of hydrogen-bond donors (Lipinski definition) is 2. The molecule has 1 aromatic carbocycles. The van der Waals surface area contributed by atoms with E-state index in [0.29, 0.717) is 56.9 Å². The highest BCUT2D eigenvalue weighted by Gasteiger charge is 2.35. The first-order valence-electron chi connectivity index (χ1n) is 10.7. The highest BCUT2D eigenvalue weighted by atomic mass is 16.5. The van der Waals surface area contributed by atoms with E-state index in [4.69, 9.17) is 4.74 Å². The SMILES string of the molecule is CCNC(=O)N1CCC([C@@H](NC(=O)c2cccc(OC)c2)C(=O)N(CC)CC)CC1. The Morgan fingerprint density at radius 3 is 2.40 bits per heavy atom. The Morgan fingerprint density at radius 1 is 1.17 bits per heavy atom. The molecule has 0 aliphatic carbocycles. The first-order valence-corrected chi connectivity index (χ1v) is 10.7. The van der Waals surface area contributed by atoms with E-state index in [1.54, 1.807) is 41.2 Å². The number of rotatable bonds is 8. The maximum atomic E-state index is 13.2. The van der Waals surface area contributed by atoms with Gasteiger partial charge in [0.2, 0.25) is 5.91 Å². The zero-order chi connectivity index (χ0) is 22.1. The predicted molar refractivity (Wildman–Crippen MR) is 116 cm³/mol. The van der Waals surface area contributed by atoms with Crippen LogP contribution < -0.4 is 15.4 Å². The maximum Gasteiger partial charge on any atom is 0.317 e. The second kappa shape index (κ2) is 11.4. The molecule has 2 rings (SSSR count). The summed E-state index contributed by atoms with van der Waals surface area (Å²) in [6.45, 7) is 8.62. The van der Waals surface area contributed by atoms with Gasteiger partial charge >= 0.3 is 6.03 Å². The van der Waals surface area contributed by atoms with Crippen LogP contribution in [-0.4, -0.2) is 73.5 Å². The lowest BCUT2D eigenvalue weighted by atomic mass is 9.88. The topological polar surface area (TPSA) is 91.0 Å². The number of carbonyl (C=O) groups excluding carboxylic acids is 3. The van der Waals surface area contributed by atoms with Crippen LogP contribution in [0.15, 0.2) is 24.3 Å². The molecule has 1 saturated heterocycles. The fourth-order valence-electron chi connectivity index (χ4n) is 3.80. The molecule has 0 bridgehead atoms. The third-order valence-corrected chi connectivity index (χ3v) is 5.59. The Balaban J connectivity index is 2.16. The van der Waals surface area contributed by atoms with Crippen molar-refractivity contribution in [1.82, 2.24) is 20.4 Å². The van der Waals surface area contributed by atoms with E-state index >= 15 is 0 Å². The Morgan fingerprint density at radius 2 is 1.83 bits per heavy atom. The number of nitrogens with zero attached hydrogens (tertiary/aromatic N) is 2. The van der Waals surface area contributed by atoms with Crippen molar-refractivity contribution in [2.75, 3.05) is 39.8 Å². The zero-order valence-corrected chi connectivity index (χ0v) is 18.4. The van der Waals surface area contributed by atoms with Crippen LogP contribution in [0.3, 0.4) is 0 Å². The number of likely N-dealkylation sites (N-methyl/N-ethyl adjacent to an activating group) is 1. The largest absolute Gasteiger partial charge is 0.497 e. The normalized spacial score (nSPS) is 15.3. The molecule has 2 N–H and O–H groups in total.